The van der Waals surface area contributed by atoms with Crippen molar-refractivity contribution in [3.8, 4) is 5.75 Å². The first-order valence-corrected chi connectivity index (χ1v) is 12.3. The minimum absolute atomic E-state index is 0.125. The third kappa shape index (κ3) is 8.21. The zero-order valence-corrected chi connectivity index (χ0v) is 21.7. The molecule has 10 N–H and O–H groups in total. The maximum absolute atomic E-state index is 12.1. The van der Waals surface area contributed by atoms with Crippen molar-refractivity contribution >= 4 is 40.8 Å². The highest BCUT2D eigenvalue weighted by Gasteiger charge is 2.44. The lowest BCUT2D eigenvalue weighted by molar-refractivity contribution is -0.277. The molecule has 0 aliphatic carbocycles. The van der Waals surface area contributed by atoms with Gasteiger partial charge in [0.15, 0.2) is 0 Å². The number of hydrogen-bond acceptors (Lipinski definition) is 14. The lowest BCUT2D eigenvalue weighted by atomic mass is 9.99. The number of carbonyl (C=O) groups excluding carboxylic acids is 3. The van der Waals surface area contributed by atoms with Gasteiger partial charge in [-0.2, -0.15) is 0 Å². The zero-order valence-electron chi connectivity index (χ0n) is 21.7. The molecule has 1 fully saturated rings. The van der Waals surface area contributed by atoms with Crippen LogP contribution in [0.25, 0.3) is 0 Å². The van der Waals surface area contributed by atoms with Crippen molar-refractivity contribution in [2.24, 2.45) is 0 Å². The van der Waals surface area contributed by atoms with E-state index in [9.17, 15) is 49.2 Å². The van der Waals surface area contributed by atoms with Gasteiger partial charge in [0.05, 0.1) is 26.2 Å². The molecule has 1 aliphatic rings. The number of hydrogen-bond donors (Lipinski definition) is 10. The van der Waals surface area contributed by atoms with Crippen LogP contribution in [0.5, 0.6) is 5.75 Å². The predicted octanol–water partition coefficient (Wildman–Crippen LogP) is -4.95. The van der Waals surface area contributed by atoms with Crippen LogP contribution in [0.2, 0.25) is 0 Å². The molecule has 0 saturated carbocycles. The van der Waals surface area contributed by atoms with E-state index >= 15 is 0 Å². The standard InChI is InChI=1S/C24H29N5O13/c30-9-12-19(36)22(39)23(40)24(42-12)41-11-3-1-10(2-4-11)29-18-17(20(37)21(18)38)28-7-15(33)26-5-13(31)25-6-14(32)27-8-16(34)35/h1-4,12,19,22-24,28-30,36,39-40H,5-9H2,(H,25,31)(H,26,33)(H,27,32)(H,34,35)/t12-,19-,22+,23+,24+/m1/s1. The SMILES string of the molecule is O=C(O)CNC(=O)CNC(=O)CNC(=O)CNc1c(Nc2ccc(O[C@H]3O[C@H](CO)[C@@H](O)[C@H](O)[C@@H]3O)cc2)c(=O)c1=O. The number of carboxylic acids is 1. The van der Waals surface area contributed by atoms with Crippen LogP contribution >= 0.6 is 0 Å². The zero-order chi connectivity index (χ0) is 31.0. The third-order valence-electron chi connectivity index (χ3n) is 5.89. The van der Waals surface area contributed by atoms with Gasteiger partial charge in [-0.25, -0.2) is 0 Å². The summed E-state index contributed by atoms with van der Waals surface area (Å²) in [5, 5.41) is 59.3. The molecule has 1 heterocycles. The first-order valence-electron chi connectivity index (χ1n) is 12.3. The number of anilines is 3. The summed E-state index contributed by atoms with van der Waals surface area (Å²) in [5.41, 5.74) is -1.69. The average Bonchev–Trinajstić information content (AvgIpc) is 2.98. The van der Waals surface area contributed by atoms with Gasteiger partial charge >= 0.3 is 5.97 Å². The van der Waals surface area contributed by atoms with Gasteiger partial charge in [-0.1, -0.05) is 0 Å². The molecular weight excluding hydrogens is 566 g/mol. The maximum Gasteiger partial charge on any atom is 0.322 e. The number of amides is 3. The number of nitrogens with one attached hydrogen (secondary N) is 5. The van der Waals surface area contributed by atoms with Crippen LogP contribution in [-0.4, -0.2) is 113 Å². The molecule has 0 radical (unpaired) electrons. The van der Waals surface area contributed by atoms with E-state index in [4.69, 9.17) is 14.6 Å². The second kappa shape index (κ2) is 14.3. The van der Waals surface area contributed by atoms with Crippen LogP contribution in [0.3, 0.4) is 0 Å². The summed E-state index contributed by atoms with van der Waals surface area (Å²) in [7, 11) is 0. The summed E-state index contributed by atoms with van der Waals surface area (Å²) >= 11 is 0. The van der Waals surface area contributed by atoms with E-state index < -0.39 is 98.0 Å². The Balaban J connectivity index is 1.47. The molecule has 0 aromatic heterocycles. The number of carboxylic acid groups (broad SMARTS) is 1. The maximum atomic E-state index is 12.1. The number of ether oxygens (including phenoxy) is 2. The van der Waals surface area contributed by atoms with E-state index in [1.807, 2.05) is 5.32 Å². The van der Waals surface area contributed by atoms with Crippen molar-refractivity contribution < 1.29 is 54.2 Å². The minimum Gasteiger partial charge on any atom is -0.480 e. The lowest BCUT2D eigenvalue weighted by Gasteiger charge is -2.39. The first-order chi connectivity index (χ1) is 19.9. The van der Waals surface area contributed by atoms with Crippen LogP contribution in [0.15, 0.2) is 33.9 Å². The van der Waals surface area contributed by atoms with E-state index in [1.54, 1.807) is 0 Å². The molecule has 18 heteroatoms. The molecule has 0 spiro atoms. The van der Waals surface area contributed by atoms with Gasteiger partial charge in [0.25, 0.3) is 10.9 Å². The van der Waals surface area contributed by atoms with E-state index in [0.29, 0.717) is 5.69 Å². The number of aliphatic hydroxyl groups excluding tert-OH is 4. The summed E-state index contributed by atoms with van der Waals surface area (Å²) in [4.78, 5) is 69.6. The number of aliphatic hydroxyl groups is 4. The fourth-order valence-electron chi connectivity index (χ4n) is 3.63. The highest BCUT2D eigenvalue weighted by atomic mass is 16.7. The van der Waals surface area contributed by atoms with Gasteiger partial charge in [-0.15, -0.1) is 0 Å². The predicted molar refractivity (Wildman–Crippen MR) is 141 cm³/mol. The van der Waals surface area contributed by atoms with Gasteiger partial charge < -0.3 is 61.6 Å². The van der Waals surface area contributed by atoms with Crippen LogP contribution in [-0.2, 0) is 23.9 Å². The molecule has 18 nitrogen and oxygen atoms in total. The topological polar surface area (TPSA) is 282 Å². The minimum atomic E-state index is -1.62. The monoisotopic (exact) mass is 595 g/mol. The Morgan fingerprint density at radius 1 is 0.762 bits per heavy atom. The van der Waals surface area contributed by atoms with Crippen molar-refractivity contribution in [1.29, 1.82) is 0 Å². The normalized spacial score (nSPS) is 21.7. The first kappa shape index (κ1) is 31.9. The van der Waals surface area contributed by atoms with Crippen LogP contribution in [0, 0.1) is 0 Å². The van der Waals surface area contributed by atoms with Crippen molar-refractivity contribution in [2.45, 2.75) is 30.7 Å². The second-order valence-electron chi connectivity index (χ2n) is 8.95. The van der Waals surface area contributed by atoms with Crippen LogP contribution in [0.1, 0.15) is 0 Å². The van der Waals surface area contributed by atoms with Gasteiger partial charge in [0.2, 0.25) is 24.0 Å². The lowest BCUT2D eigenvalue weighted by Crippen LogP contribution is -2.60. The molecule has 228 valence electrons. The summed E-state index contributed by atoms with van der Waals surface area (Å²) in [5.74, 6) is -3.28. The Hall–Kier alpha value is -4.62. The molecule has 3 amide bonds. The Kier molecular flexibility index (Phi) is 10.9. The quantitative estimate of drug-likeness (QED) is 0.0916. The average molecular weight is 596 g/mol. The van der Waals surface area contributed by atoms with Crippen molar-refractivity contribution in [3.05, 3.63) is 44.7 Å². The van der Waals surface area contributed by atoms with Gasteiger partial charge in [0.1, 0.15) is 48.1 Å². The van der Waals surface area contributed by atoms with E-state index in [1.165, 1.54) is 24.3 Å². The molecule has 3 rings (SSSR count). The Morgan fingerprint density at radius 2 is 1.31 bits per heavy atom. The fraction of sp³-hybridized carbons (Fsp3) is 0.417. The molecule has 1 saturated heterocycles. The highest BCUT2D eigenvalue weighted by molar-refractivity contribution is 5.90. The van der Waals surface area contributed by atoms with Crippen molar-refractivity contribution in [1.82, 2.24) is 16.0 Å². The van der Waals surface area contributed by atoms with Gasteiger partial charge in [0, 0.05) is 5.69 Å². The fourth-order valence-corrected chi connectivity index (χ4v) is 3.63. The summed E-state index contributed by atoms with van der Waals surface area (Å²) in [6.45, 7) is -2.73. The number of aliphatic carboxylic acids is 1. The highest BCUT2D eigenvalue weighted by Crippen LogP contribution is 2.26. The molecular formula is C24H29N5O13. The molecule has 0 unspecified atom stereocenters. The Labute approximate surface area is 235 Å². The van der Waals surface area contributed by atoms with E-state index in [2.05, 4.69) is 21.3 Å². The summed E-state index contributed by atoms with van der Waals surface area (Å²) in [6, 6.07) is 5.73. The van der Waals surface area contributed by atoms with Crippen LogP contribution < -0.4 is 42.2 Å². The second-order valence-corrected chi connectivity index (χ2v) is 8.95. The molecule has 0 bridgehead atoms. The molecule has 2 aromatic rings. The van der Waals surface area contributed by atoms with Crippen molar-refractivity contribution in [3.63, 3.8) is 0 Å². The third-order valence-corrected chi connectivity index (χ3v) is 5.89. The summed E-state index contributed by atoms with van der Waals surface area (Å²) in [6.07, 6.45) is -7.32. The van der Waals surface area contributed by atoms with Gasteiger partial charge in [-0.3, -0.25) is 28.8 Å². The summed E-state index contributed by atoms with van der Waals surface area (Å²) < 4.78 is 10.8. The number of carbonyl (C=O) groups is 4. The number of rotatable bonds is 14. The Morgan fingerprint density at radius 3 is 1.88 bits per heavy atom. The molecule has 5 atom stereocenters. The Bertz CT molecular complexity index is 1360. The van der Waals surface area contributed by atoms with Gasteiger partial charge in [-0.05, 0) is 24.3 Å². The molecule has 42 heavy (non-hydrogen) atoms. The molecule has 1 aliphatic heterocycles. The van der Waals surface area contributed by atoms with E-state index in [-0.39, 0.29) is 17.1 Å². The van der Waals surface area contributed by atoms with Crippen LogP contribution in [0.4, 0.5) is 17.1 Å². The largest absolute Gasteiger partial charge is 0.480 e. The smallest absolute Gasteiger partial charge is 0.322 e. The molecule has 2 aromatic carbocycles. The van der Waals surface area contributed by atoms with E-state index in [0.717, 1.165) is 0 Å². The van der Waals surface area contributed by atoms with Crippen molar-refractivity contribution in [2.75, 3.05) is 43.4 Å². The number of benzene rings is 1.